The standard InChI is InChI=1S/C32H28N4O7S/c1-20-29(43-32(38)42-20)18-41-31(37)28-15-23-11-12-25(16-33)34-30(23)36(28)17-24-14-26(13-22-9-5-6-10-27(22)24)35-44(39,40)19-21-7-3-2-4-8-21/h2-15,35H,16-19,33H2,1H3. The van der Waals surface area contributed by atoms with Gasteiger partial charge in [0.1, 0.15) is 11.3 Å². The molecule has 44 heavy (non-hydrogen) atoms. The molecule has 6 aromatic rings. The van der Waals surface area contributed by atoms with Gasteiger partial charge in [-0.25, -0.2) is 23.0 Å². The monoisotopic (exact) mass is 612 g/mol. The van der Waals surface area contributed by atoms with Crippen LogP contribution >= 0.6 is 0 Å². The van der Waals surface area contributed by atoms with Crippen LogP contribution in [0.25, 0.3) is 21.8 Å². The van der Waals surface area contributed by atoms with Crippen LogP contribution in [0.2, 0.25) is 0 Å². The molecule has 0 amide bonds. The van der Waals surface area contributed by atoms with Crippen molar-refractivity contribution in [3.63, 3.8) is 0 Å². The number of nitrogens with two attached hydrogens (primary N) is 1. The summed E-state index contributed by atoms with van der Waals surface area (Å²) in [6.07, 6.45) is 0. The highest BCUT2D eigenvalue weighted by atomic mass is 32.2. The fourth-order valence-corrected chi connectivity index (χ4v) is 6.26. The predicted octanol–water partition coefficient (Wildman–Crippen LogP) is 4.85. The molecule has 0 fully saturated rings. The van der Waals surface area contributed by atoms with E-state index in [-0.39, 0.29) is 42.7 Å². The Hall–Kier alpha value is -5.20. The third-order valence-corrected chi connectivity index (χ3v) is 8.40. The Labute approximate surface area is 251 Å². The van der Waals surface area contributed by atoms with Crippen LogP contribution in [0.5, 0.6) is 0 Å². The van der Waals surface area contributed by atoms with E-state index in [1.807, 2.05) is 36.4 Å². The van der Waals surface area contributed by atoms with Crippen LogP contribution in [-0.4, -0.2) is 23.9 Å². The van der Waals surface area contributed by atoms with E-state index >= 15 is 0 Å². The van der Waals surface area contributed by atoms with Crippen molar-refractivity contribution < 1.29 is 26.8 Å². The van der Waals surface area contributed by atoms with Gasteiger partial charge < -0.3 is 23.9 Å². The molecule has 6 rings (SSSR count). The largest absolute Gasteiger partial charge is 0.519 e. The zero-order chi connectivity index (χ0) is 30.8. The Morgan fingerprint density at radius 2 is 1.75 bits per heavy atom. The van der Waals surface area contributed by atoms with Gasteiger partial charge in [0.05, 0.1) is 18.0 Å². The highest BCUT2D eigenvalue weighted by molar-refractivity contribution is 7.91. The number of hydrogen-bond acceptors (Lipinski definition) is 9. The smallest absolute Gasteiger partial charge is 0.453 e. The van der Waals surface area contributed by atoms with Gasteiger partial charge in [0, 0.05) is 17.6 Å². The molecular formula is C32H28N4O7S. The minimum Gasteiger partial charge on any atom is -0.453 e. The lowest BCUT2D eigenvalue weighted by atomic mass is 10.0. The van der Waals surface area contributed by atoms with Gasteiger partial charge in [-0.1, -0.05) is 54.6 Å². The van der Waals surface area contributed by atoms with Crippen molar-refractivity contribution in [2.24, 2.45) is 5.73 Å². The molecule has 0 radical (unpaired) electrons. The Morgan fingerprint density at radius 3 is 2.50 bits per heavy atom. The summed E-state index contributed by atoms with van der Waals surface area (Å²) in [6.45, 7) is 1.58. The number of pyridine rings is 1. The minimum atomic E-state index is -3.73. The predicted molar refractivity (Wildman–Crippen MR) is 164 cm³/mol. The molecule has 3 N–H and O–H groups in total. The molecule has 3 aromatic carbocycles. The van der Waals surface area contributed by atoms with Crippen LogP contribution in [0.4, 0.5) is 5.69 Å². The maximum Gasteiger partial charge on any atom is 0.519 e. The van der Waals surface area contributed by atoms with Gasteiger partial charge in [0.2, 0.25) is 10.0 Å². The van der Waals surface area contributed by atoms with Crippen molar-refractivity contribution >= 4 is 43.5 Å². The fraction of sp³-hybridized carbons (Fsp3) is 0.156. The number of carbonyl (C=O) groups is 1. The molecule has 0 aliphatic heterocycles. The molecule has 0 saturated carbocycles. The first-order chi connectivity index (χ1) is 21.2. The number of ether oxygens (including phenoxy) is 1. The Morgan fingerprint density at radius 1 is 0.977 bits per heavy atom. The van der Waals surface area contributed by atoms with E-state index in [4.69, 9.17) is 19.3 Å². The van der Waals surface area contributed by atoms with Gasteiger partial charge in [0.25, 0.3) is 0 Å². The third-order valence-electron chi connectivity index (χ3n) is 7.14. The summed E-state index contributed by atoms with van der Waals surface area (Å²) in [6, 6.07) is 25.3. The van der Waals surface area contributed by atoms with Gasteiger partial charge in [0.15, 0.2) is 18.1 Å². The summed E-state index contributed by atoms with van der Waals surface area (Å²) in [7, 11) is -3.73. The zero-order valence-corrected chi connectivity index (χ0v) is 24.5. The maximum absolute atomic E-state index is 13.4. The maximum atomic E-state index is 13.4. The molecule has 0 saturated heterocycles. The van der Waals surface area contributed by atoms with Crippen molar-refractivity contribution in [1.29, 1.82) is 0 Å². The first-order valence-electron chi connectivity index (χ1n) is 13.7. The number of rotatable bonds is 10. The average molecular weight is 613 g/mol. The Balaban J connectivity index is 1.39. The number of carbonyl (C=O) groups excluding carboxylic acids is 1. The molecule has 12 heteroatoms. The molecule has 0 unspecified atom stereocenters. The van der Waals surface area contributed by atoms with Crippen molar-refractivity contribution in [1.82, 2.24) is 9.55 Å². The van der Waals surface area contributed by atoms with E-state index in [9.17, 15) is 18.0 Å². The number of anilines is 1. The van der Waals surface area contributed by atoms with Crippen LogP contribution < -0.4 is 16.3 Å². The molecule has 0 atom stereocenters. The molecule has 0 aliphatic rings. The van der Waals surface area contributed by atoms with E-state index in [2.05, 4.69) is 9.71 Å². The van der Waals surface area contributed by atoms with Gasteiger partial charge >= 0.3 is 11.8 Å². The summed E-state index contributed by atoms with van der Waals surface area (Å²) in [5.74, 6) is -1.42. The second kappa shape index (κ2) is 11.8. The molecule has 3 aromatic heterocycles. The minimum absolute atomic E-state index is 0.107. The second-order valence-electron chi connectivity index (χ2n) is 10.2. The van der Waals surface area contributed by atoms with Gasteiger partial charge in [-0.3, -0.25) is 4.72 Å². The second-order valence-corrected chi connectivity index (χ2v) is 12.0. The summed E-state index contributed by atoms with van der Waals surface area (Å²) in [5, 5.41) is 2.36. The number of nitrogens with zero attached hydrogens (tertiary/aromatic N) is 2. The molecule has 0 bridgehead atoms. The molecule has 11 nitrogen and oxygen atoms in total. The lowest BCUT2D eigenvalue weighted by Gasteiger charge is -2.15. The van der Waals surface area contributed by atoms with Crippen molar-refractivity contribution in [3.05, 3.63) is 130 Å². The highest BCUT2D eigenvalue weighted by Crippen LogP contribution is 2.29. The first-order valence-corrected chi connectivity index (χ1v) is 15.4. The Kier molecular flexibility index (Phi) is 7.77. The molecular weight excluding hydrogens is 584 g/mol. The van der Waals surface area contributed by atoms with Gasteiger partial charge in [-0.05, 0) is 59.2 Å². The number of benzene rings is 3. The van der Waals surface area contributed by atoms with E-state index in [1.54, 1.807) is 53.1 Å². The summed E-state index contributed by atoms with van der Waals surface area (Å²) < 4.78 is 46.0. The van der Waals surface area contributed by atoms with Crippen LogP contribution in [0.1, 0.15) is 38.8 Å². The van der Waals surface area contributed by atoms with E-state index < -0.39 is 21.8 Å². The Bertz CT molecular complexity index is 2170. The SMILES string of the molecule is Cc1oc(=O)oc1COC(=O)c1cc2ccc(CN)nc2n1Cc1cc(NS(=O)(=O)Cc2ccccc2)cc2ccccc12. The normalized spacial score (nSPS) is 11.7. The van der Waals surface area contributed by atoms with Gasteiger partial charge in [-0.15, -0.1) is 0 Å². The van der Waals surface area contributed by atoms with Gasteiger partial charge in [-0.2, -0.15) is 0 Å². The van der Waals surface area contributed by atoms with Crippen molar-refractivity contribution in [2.45, 2.75) is 32.4 Å². The molecule has 3 heterocycles. The average Bonchev–Trinajstić information content (AvgIpc) is 3.53. The van der Waals surface area contributed by atoms with E-state index in [0.29, 0.717) is 28.0 Å². The van der Waals surface area contributed by atoms with Crippen molar-refractivity contribution in [3.8, 4) is 0 Å². The molecule has 0 spiro atoms. The van der Waals surface area contributed by atoms with E-state index in [1.165, 1.54) is 6.92 Å². The molecule has 0 aliphatic carbocycles. The highest BCUT2D eigenvalue weighted by Gasteiger charge is 2.22. The summed E-state index contributed by atoms with van der Waals surface area (Å²) in [5.41, 5.74) is 8.99. The number of sulfonamides is 1. The van der Waals surface area contributed by atoms with Crippen LogP contribution in [0.15, 0.2) is 98.6 Å². The first kappa shape index (κ1) is 28.9. The van der Waals surface area contributed by atoms with Crippen LogP contribution in [-0.2, 0) is 40.2 Å². The lowest BCUT2D eigenvalue weighted by Crippen LogP contribution is -2.16. The summed E-state index contributed by atoms with van der Waals surface area (Å²) in [4.78, 5) is 29.5. The quantitative estimate of drug-likeness (QED) is 0.206. The summed E-state index contributed by atoms with van der Waals surface area (Å²) >= 11 is 0. The van der Waals surface area contributed by atoms with Crippen LogP contribution in [0.3, 0.4) is 0 Å². The van der Waals surface area contributed by atoms with Crippen LogP contribution in [0, 0.1) is 6.92 Å². The third kappa shape index (κ3) is 6.12. The number of nitrogens with one attached hydrogen (secondary N) is 1. The lowest BCUT2D eigenvalue weighted by molar-refractivity contribution is 0.0431. The number of aromatic nitrogens is 2. The number of esters is 1. The number of hydrogen-bond donors (Lipinski definition) is 2. The number of aryl methyl sites for hydroxylation is 1. The number of fused-ring (bicyclic) bond motifs is 2. The molecule has 224 valence electrons. The van der Waals surface area contributed by atoms with E-state index in [0.717, 1.165) is 16.3 Å². The fourth-order valence-electron chi connectivity index (χ4n) is 5.08. The zero-order valence-electron chi connectivity index (χ0n) is 23.6. The van der Waals surface area contributed by atoms with Crippen molar-refractivity contribution in [2.75, 3.05) is 4.72 Å². The topological polar surface area (TPSA) is 160 Å².